The Morgan fingerprint density at radius 3 is 2.44 bits per heavy atom. The molecule has 0 nitrogen and oxygen atoms in total. The molecular formula is C13H7Br2Cl2I. The highest BCUT2D eigenvalue weighted by Crippen LogP contribution is 2.40. The summed E-state index contributed by atoms with van der Waals surface area (Å²) in [5.41, 5.74) is 2.10. The summed E-state index contributed by atoms with van der Waals surface area (Å²) in [6.45, 7) is 0. The number of hydrogen-bond donors (Lipinski definition) is 0. The minimum atomic E-state index is 0.00721. The Morgan fingerprint density at radius 2 is 1.72 bits per heavy atom. The van der Waals surface area contributed by atoms with E-state index in [0.717, 1.165) is 15.6 Å². The Labute approximate surface area is 146 Å². The predicted octanol–water partition coefficient (Wildman–Crippen LogP) is 6.84. The van der Waals surface area contributed by atoms with Crippen LogP contribution in [-0.4, -0.2) is 0 Å². The number of rotatable bonds is 2. The first-order valence-electron chi connectivity index (χ1n) is 5.03. The molecule has 2 aromatic rings. The zero-order valence-corrected chi connectivity index (χ0v) is 15.8. The SMILES string of the molecule is Clc1ccc(Cl)c(C(Br)c2cc(I)ccc2Br)c1. The lowest BCUT2D eigenvalue weighted by atomic mass is 10.0. The Kier molecular flexibility index (Phi) is 5.40. The summed E-state index contributed by atoms with van der Waals surface area (Å²) >= 11 is 21.8. The van der Waals surface area contributed by atoms with Crippen LogP contribution >= 0.6 is 77.7 Å². The van der Waals surface area contributed by atoms with Gasteiger partial charge in [0.25, 0.3) is 0 Å². The maximum atomic E-state index is 6.23. The van der Waals surface area contributed by atoms with Gasteiger partial charge < -0.3 is 0 Å². The Balaban J connectivity index is 2.50. The van der Waals surface area contributed by atoms with Gasteiger partial charge in [-0.2, -0.15) is 0 Å². The lowest BCUT2D eigenvalue weighted by Gasteiger charge is -2.15. The zero-order valence-electron chi connectivity index (χ0n) is 8.93. The van der Waals surface area contributed by atoms with Gasteiger partial charge in [-0.05, 0) is 70.1 Å². The number of alkyl halides is 1. The van der Waals surface area contributed by atoms with E-state index >= 15 is 0 Å². The summed E-state index contributed by atoms with van der Waals surface area (Å²) in [6, 6.07) is 11.7. The van der Waals surface area contributed by atoms with Gasteiger partial charge in [-0.1, -0.05) is 55.1 Å². The van der Waals surface area contributed by atoms with E-state index in [0.29, 0.717) is 10.0 Å². The average Bonchev–Trinajstić information content (AvgIpc) is 2.34. The molecule has 0 bridgehead atoms. The summed E-state index contributed by atoms with van der Waals surface area (Å²) in [6.07, 6.45) is 0. The maximum Gasteiger partial charge on any atom is 0.0671 e. The molecule has 0 saturated heterocycles. The molecule has 0 aliphatic rings. The Hall–Kier alpha value is 0.710. The van der Waals surface area contributed by atoms with Gasteiger partial charge in [0, 0.05) is 18.1 Å². The highest BCUT2D eigenvalue weighted by Gasteiger charge is 2.17. The molecule has 2 rings (SSSR count). The lowest BCUT2D eigenvalue weighted by Crippen LogP contribution is -1.96. The van der Waals surface area contributed by atoms with E-state index in [1.807, 2.05) is 24.3 Å². The highest BCUT2D eigenvalue weighted by atomic mass is 127. The van der Waals surface area contributed by atoms with Gasteiger partial charge in [0.1, 0.15) is 0 Å². The third-order valence-corrected chi connectivity index (χ3v) is 5.42. The van der Waals surface area contributed by atoms with Gasteiger partial charge in [0.2, 0.25) is 0 Å². The fourth-order valence-corrected chi connectivity index (χ4v) is 4.18. The molecule has 0 spiro atoms. The second kappa shape index (κ2) is 6.44. The normalized spacial score (nSPS) is 12.5. The summed E-state index contributed by atoms with van der Waals surface area (Å²) in [5, 5.41) is 1.38. The lowest BCUT2D eigenvalue weighted by molar-refractivity contribution is 1.16. The van der Waals surface area contributed by atoms with Gasteiger partial charge in [0.15, 0.2) is 0 Å². The molecule has 0 aliphatic heterocycles. The van der Waals surface area contributed by atoms with E-state index in [-0.39, 0.29) is 4.83 Å². The van der Waals surface area contributed by atoms with Crippen LogP contribution in [0.2, 0.25) is 10.0 Å². The van der Waals surface area contributed by atoms with Crippen LogP contribution < -0.4 is 0 Å². The molecule has 0 amide bonds. The quantitative estimate of drug-likeness (QED) is 0.300. The van der Waals surface area contributed by atoms with Gasteiger partial charge in [-0.15, -0.1) is 0 Å². The van der Waals surface area contributed by atoms with Crippen molar-refractivity contribution >= 4 is 77.7 Å². The van der Waals surface area contributed by atoms with Crippen LogP contribution in [0, 0.1) is 3.57 Å². The molecule has 94 valence electrons. The van der Waals surface area contributed by atoms with E-state index in [1.165, 1.54) is 3.57 Å². The molecule has 0 N–H and O–H groups in total. The van der Waals surface area contributed by atoms with Crippen LogP contribution in [0.1, 0.15) is 16.0 Å². The number of halogens is 5. The first-order valence-corrected chi connectivity index (χ1v) is 8.57. The molecule has 0 fully saturated rings. The van der Waals surface area contributed by atoms with Crippen LogP contribution in [0.4, 0.5) is 0 Å². The molecule has 0 aliphatic carbocycles. The van der Waals surface area contributed by atoms with Crippen molar-refractivity contribution in [3.63, 3.8) is 0 Å². The second-order valence-electron chi connectivity index (χ2n) is 3.69. The van der Waals surface area contributed by atoms with E-state index in [2.05, 4.69) is 60.5 Å². The smallest absolute Gasteiger partial charge is 0.0671 e. The molecule has 1 atom stereocenters. The standard InChI is InChI=1S/C13H7Br2Cl2I/c14-11-3-2-8(18)6-9(11)13(15)10-5-7(16)1-4-12(10)17/h1-6,13H. The van der Waals surface area contributed by atoms with Crippen molar-refractivity contribution in [2.45, 2.75) is 4.83 Å². The predicted molar refractivity (Wildman–Crippen MR) is 94.1 cm³/mol. The second-order valence-corrected chi connectivity index (χ2v) is 7.55. The van der Waals surface area contributed by atoms with Gasteiger partial charge in [-0.3, -0.25) is 0 Å². The van der Waals surface area contributed by atoms with Crippen molar-refractivity contribution in [2.24, 2.45) is 0 Å². The molecule has 0 radical (unpaired) electrons. The fourth-order valence-electron chi connectivity index (χ4n) is 1.59. The van der Waals surface area contributed by atoms with Gasteiger partial charge >= 0.3 is 0 Å². The summed E-state index contributed by atoms with van der Waals surface area (Å²) in [4.78, 5) is 0.00721. The van der Waals surface area contributed by atoms with Crippen LogP contribution in [0.25, 0.3) is 0 Å². The maximum absolute atomic E-state index is 6.23. The molecule has 1 unspecified atom stereocenters. The van der Waals surface area contributed by atoms with Crippen LogP contribution in [0.5, 0.6) is 0 Å². The summed E-state index contributed by atoms with van der Waals surface area (Å²) in [7, 11) is 0. The minimum absolute atomic E-state index is 0.00721. The summed E-state index contributed by atoms with van der Waals surface area (Å²) < 4.78 is 2.22. The molecule has 0 heterocycles. The van der Waals surface area contributed by atoms with Gasteiger partial charge in [-0.25, -0.2) is 0 Å². The monoisotopic (exact) mass is 518 g/mol. The molecule has 2 aromatic carbocycles. The van der Waals surface area contributed by atoms with Crippen LogP contribution in [0.3, 0.4) is 0 Å². The molecular weight excluding hydrogens is 514 g/mol. The van der Waals surface area contributed by atoms with Crippen molar-refractivity contribution in [3.8, 4) is 0 Å². The molecule has 18 heavy (non-hydrogen) atoms. The highest BCUT2D eigenvalue weighted by molar-refractivity contribution is 14.1. The third-order valence-electron chi connectivity index (χ3n) is 2.46. The van der Waals surface area contributed by atoms with E-state index in [4.69, 9.17) is 23.2 Å². The van der Waals surface area contributed by atoms with Gasteiger partial charge in [0.05, 0.1) is 4.83 Å². The van der Waals surface area contributed by atoms with Crippen LogP contribution in [0.15, 0.2) is 40.9 Å². The van der Waals surface area contributed by atoms with Crippen molar-refractivity contribution in [3.05, 3.63) is 65.6 Å². The Morgan fingerprint density at radius 1 is 1.00 bits per heavy atom. The number of benzene rings is 2. The van der Waals surface area contributed by atoms with Crippen molar-refractivity contribution in [2.75, 3.05) is 0 Å². The fraction of sp³-hybridized carbons (Fsp3) is 0.0769. The molecule has 5 heteroatoms. The minimum Gasteiger partial charge on any atom is -0.0843 e. The first kappa shape index (κ1) is 15.1. The van der Waals surface area contributed by atoms with Crippen molar-refractivity contribution in [1.82, 2.24) is 0 Å². The summed E-state index contributed by atoms with van der Waals surface area (Å²) in [5.74, 6) is 0. The largest absolute Gasteiger partial charge is 0.0843 e. The first-order chi connectivity index (χ1) is 8.49. The average molecular weight is 521 g/mol. The number of hydrogen-bond acceptors (Lipinski definition) is 0. The van der Waals surface area contributed by atoms with E-state index in [9.17, 15) is 0 Å². The molecule has 0 saturated carbocycles. The van der Waals surface area contributed by atoms with E-state index in [1.54, 1.807) is 6.07 Å². The Bertz CT molecular complexity index is 536. The van der Waals surface area contributed by atoms with Crippen molar-refractivity contribution in [1.29, 1.82) is 0 Å². The zero-order chi connectivity index (χ0) is 13.3. The topological polar surface area (TPSA) is 0 Å². The van der Waals surface area contributed by atoms with Crippen LogP contribution in [-0.2, 0) is 0 Å². The van der Waals surface area contributed by atoms with E-state index < -0.39 is 0 Å². The molecule has 0 aromatic heterocycles. The third kappa shape index (κ3) is 3.42. The van der Waals surface area contributed by atoms with Crippen molar-refractivity contribution < 1.29 is 0 Å².